The summed E-state index contributed by atoms with van der Waals surface area (Å²) in [5.74, 6) is -0.492. The third kappa shape index (κ3) is 3.73. The molecule has 1 aromatic heterocycles. The van der Waals surface area contributed by atoms with Crippen LogP contribution in [-0.2, 0) is 16.1 Å². The molecule has 0 spiro atoms. The van der Waals surface area contributed by atoms with Gasteiger partial charge < -0.3 is 20.2 Å². The van der Waals surface area contributed by atoms with Crippen LogP contribution in [0.3, 0.4) is 0 Å². The number of nitrogens with two attached hydrogens (primary N) is 1. The molecule has 0 saturated carbocycles. The van der Waals surface area contributed by atoms with Crippen LogP contribution in [0.2, 0.25) is 0 Å². The minimum atomic E-state index is -0.550. The number of primary amides is 1. The van der Waals surface area contributed by atoms with Crippen molar-refractivity contribution in [3.8, 4) is 5.75 Å². The summed E-state index contributed by atoms with van der Waals surface area (Å²) in [4.78, 5) is 25.9. The Labute approximate surface area is 138 Å². The zero-order valence-electron chi connectivity index (χ0n) is 12.8. The fourth-order valence-corrected chi connectivity index (χ4v) is 2.29. The molecule has 0 fully saturated rings. The molecule has 0 aliphatic heterocycles. The van der Waals surface area contributed by atoms with E-state index in [1.807, 2.05) is 24.3 Å². The number of hydrogen-bond donors (Lipinski definition) is 2. The maximum Gasteiger partial charge on any atom is 0.355 e. The van der Waals surface area contributed by atoms with E-state index in [4.69, 9.17) is 15.2 Å². The average Bonchev–Trinajstić information content (AvgIpc) is 3.02. The lowest BCUT2D eigenvalue weighted by Crippen LogP contribution is -2.20. The maximum atomic E-state index is 12.1. The Hall–Kier alpha value is -3.28. The van der Waals surface area contributed by atoms with Gasteiger partial charge in [0.05, 0.1) is 0 Å². The van der Waals surface area contributed by atoms with Crippen LogP contribution >= 0.6 is 0 Å². The Morgan fingerprint density at radius 3 is 2.67 bits per heavy atom. The normalized spacial score (nSPS) is 10.5. The molecule has 0 bridgehead atoms. The molecule has 3 aromatic rings. The van der Waals surface area contributed by atoms with Gasteiger partial charge in [0.25, 0.3) is 5.91 Å². The molecule has 3 rings (SSSR count). The molecular formula is C18H16N2O4. The minimum Gasteiger partial charge on any atom is -0.484 e. The van der Waals surface area contributed by atoms with E-state index in [1.165, 1.54) is 0 Å². The van der Waals surface area contributed by atoms with Crippen molar-refractivity contribution >= 4 is 22.8 Å². The fourth-order valence-electron chi connectivity index (χ4n) is 2.29. The first kappa shape index (κ1) is 15.6. The molecule has 1 amide bonds. The van der Waals surface area contributed by atoms with E-state index in [1.54, 1.807) is 30.3 Å². The molecule has 0 unspecified atom stereocenters. The number of aromatic amines is 1. The highest BCUT2D eigenvalue weighted by Crippen LogP contribution is 2.17. The van der Waals surface area contributed by atoms with Crippen LogP contribution in [0.5, 0.6) is 5.75 Å². The molecule has 3 N–H and O–H groups in total. The summed E-state index contributed by atoms with van der Waals surface area (Å²) in [5, 5.41) is 0.950. The molecule has 6 heteroatoms. The zero-order chi connectivity index (χ0) is 16.9. The van der Waals surface area contributed by atoms with Crippen LogP contribution in [-0.4, -0.2) is 23.5 Å². The standard InChI is InChI=1S/C18H16N2O4/c19-17(21)11-23-14-6-3-4-12(8-14)10-24-18(22)16-9-13-5-1-2-7-15(13)20-16/h1-9,20H,10-11H2,(H2,19,21). The van der Waals surface area contributed by atoms with E-state index < -0.39 is 11.9 Å². The smallest absolute Gasteiger partial charge is 0.355 e. The predicted octanol–water partition coefficient (Wildman–Crippen LogP) is 2.39. The number of rotatable bonds is 6. The van der Waals surface area contributed by atoms with Crippen molar-refractivity contribution in [2.24, 2.45) is 5.73 Å². The van der Waals surface area contributed by atoms with Gasteiger partial charge in [0.15, 0.2) is 6.61 Å². The monoisotopic (exact) mass is 324 g/mol. The van der Waals surface area contributed by atoms with E-state index in [0.29, 0.717) is 11.4 Å². The number of carbonyl (C=O) groups is 2. The van der Waals surface area contributed by atoms with Gasteiger partial charge in [0, 0.05) is 10.9 Å². The summed E-state index contributed by atoms with van der Waals surface area (Å²) >= 11 is 0. The van der Waals surface area contributed by atoms with Crippen molar-refractivity contribution < 1.29 is 19.1 Å². The second kappa shape index (κ2) is 6.87. The summed E-state index contributed by atoms with van der Waals surface area (Å²) in [6.07, 6.45) is 0. The van der Waals surface area contributed by atoms with Crippen molar-refractivity contribution in [2.75, 3.05) is 6.61 Å². The van der Waals surface area contributed by atoms with Crippen LogP contribution < -0.4 is 10.5 Å². The Morgan fingerprint density at radius 1 is 1.04 bits per heavy atom. The summed E-state index contributed by atoms with van der Waals surface area (Å²) in [7, 11) is 0. The van der Waals surface area contributed by atoms with Gasteiger partial charge in [-0.05, 0) is 29.8 Å². The first-order valence-electron chi connectivity index (χ1n) is 7.37. The molecule has 0 atom stereocenters. The van der Waals surface area contributed by atoms with Gasteiger partial charge in [0.2, 0.25) is 0 Å². The average molecular weight is 324 g/mol. The van der Waals surface area contributed by atoms with Crippen LogP contribution in [0, 0.1) is 0 Å². The third-order valence-corrected chi connectivity index (χ3v) is 3.40. The predicted molar refractivity (Wildman–Crippen MR) is 88.5 cm³/mol. The van der Waals surface area contributed by atoms with Crippen LogP contribution in [0.1, 0.15) is 16.1 Å². The number of para-hydroxylation sites is 1. The Balaban J connectivity index is 1.63. The first-order chi connectivity index (χ1) is 11.6. The van der Waals surface area contributed by atoms with Gasteiger partial charge >= 0.3 is 5.97 Å². The van der Waals surface area contributed by atoms with Gasteiger partial charge in [-0.15, -0.1) is 0 Å². The number of benzene rings is 2. The number of H-pyrrole nitrogens is 1. The number of aromatic nitrogens is 1. The van der Waals surface area contributed by atoms with Crippen LogP contribution in [0.25, 0.3) is 10.9 Å². The largest absolute Gasteiger partial charge is 0.484 e. The highest BCUT2D eigenvalue weighted by molar-refractivity contribution is 5.94. The molecule has 6 nitrogen and oxygen atoms in total. The van der Waals surface area contributed by atoms with E-state index in [9.17, 15) is 9.59 Å². The van der Waals surface area contributed by atoms with Crippen molar-refractivity contribution in [1.29, 1.82) is 0 Å². The molecule has 2 aromatic carbocycles. The molecule has 0 radical (unpaired) electrons. The second-order valence-electron chi connectivity index (χ2n) is 5.25. The minimum absolute atomic E-state index is 0.0992. The Bertz CT molecular complexity index is 852. The summed E-state index contributed by atoms with van der Waals surface area (Å²) in [6, 6.07) is 16.3. The molecular weight excluding hydrogens is 308 g/mol. The Morgan fingerprint density at radius 2 is 1.88 bits per heavy atom. The molecule has 1 heterocycles. The molecule has 0 aliphatic carbocycles. The quantitative estimate of drug-likeness (QED) is 0.681. The Kier molecular flexibility index (Phi) is 4.47. The summed E-state index contributed by atoms with van der Waals surface area (Å²) in [5.41, 5.74) is 7.07. The van der Waals surface area contributed by atoms with Crippen molar-refractivity contribution in [2.45, 2.75) is 6.61 Å². The number of amides is 1. The second-order valence-corrected chi connectivity index (χ2v) is 5.25. The first-order valence-corrected chi connectivity index (χ1v) is 7.37. The van der Waals surface area contributed by atoms with Crippen molar-refractivity contribution in [1.82, 2.24) is 4.98 Å². The topological polar surface area (TPSA) is 94.4 Å². The summed E-state index contributed by atoms with van der Waals surface area (Å²) in [6.45, 7) is -0.0969. The zero-order valence-corrected chi connectivity index (χ0v) is 12.8. The highest BCUT2D eigenvalue weighted by Gasteiger charge is 2.11. The highest BCUT2D eigenvalue weighted by atomic mass is 16.5. The molecule has 122 valence electrons. The lowest BCUT2D eigenvalue weighted by atomic mass is 10.2. The van der Waals surface area contributed by atoms with Gasteiger partial charge in [-0.1, -0.05) is 30.3 Å². The molecule has 0 aliphatic rings. The number of ether oxygens (including phenoxy) is 2. The van der Waals surface area contributed by atoms with Gasteiger partial charge in [-0.3, -0.25) is 4.79 Å². The SMILES string of the molecule is NC(=O)COc1cccc(COC(=O)c2cc3ccccc3[nH]2)c1. The van der Waals surface area contributed by atoms with Crippen molar-refractivity contribution in [3.05, 3.63) is 65.9 Å². The van der Waals surface area contributed by atoms with Gasteiger partial charge in [-0.2, -0.15) is 0 Å². The summed E-state index contributed by atoms with van der Waals surface area (Å²) < 4.78 is 10.5. The van der Waals surface area contributed by atoms with Crippen LogP contribution in [0.4, 0.5) is 0 Å². The third-order valence-electron chi connectivity index (χ3n) is 3.40. The van der Waals surface area contributed by atoms with E-state index in [0.717, 1.165) is 16.5 Å². The van der Waals surface area contributed by atoms with Gasteiger partial charge in [0.1, 0.15) is 18.1 Å². The maximum absolute atomic E-state index is 12.1. The van der Waals surface area contributed by atoms with E-state index in [2.05, 4.69) is 4.98 Å². The molecule has 24 heavy (non-hydrogen) atoms. The van der Waals surface area contributed by atoms with E-state index in [-0.39, 0.29) is 13.2 Å². The fraction of sp³-hybridized carbons (Fsp3) is 0.111. The van der Waals surface area contributed by atoms with Gasteiger partial charge in [-0.25, -0.2) is 4.79 Å². The number of hydrogen-bond acceptors (Lipinski definition) is 4. The van der Waals surface area contributed by atoms with Crippen molar-refractivity contribution in [3.63, 3.8) is 0 Å². The number of esters is 1. The lowest BCUT2D eigenvalue weighted by Gasteiger charge is -2.07. The number of carbonyl (C=O) groups excluding carboxylic acids is 2. The number of nitrogens with one attached hydrogen (secondary N) is 1. The molecule has 0 saturated heterocycles. The lowest BCUT2D eigenvalue weighted by molar-refractivity contribution is -0.119. The number of fused-ring (bicyclic) bond motifs is 1. The van der Waals surface area contributed by atoms with Crippen LogP contribution in [0.15, 0.2) is 54.6 Å². The van der Waals surface area contributed by atoms with E-state index >= 15 is 0 Å².